The van der Waals surface area contributed by atoms with Crippen LogP contribution in [0.15, 0.2) is 133 Å². The quantitative estimate of drug-likeness (QED) is 0.172. The summed E-state index contributed by atoms with van der Waals surface area (Å²) >= 11 is 0. The summed E-state index contributed by atoms with van der Waals surface area (Å²) in [7, 11) is 0. The third-order valence-electron chi connectivity index (χ3n) is 13.3. The maximum Gasteiger partial charge on any atom is 0.0149 e. The lowest BCUT2D eigenvalue weighted by molar-refractivity contribution is 0.436. The number of fused-ring (bicyclic) bond motifs is 2. The van der Waals surface area contributed by atoms with Gasteiger partial charge in [0.2, 0.25) is 0 Å². The molecule has 4 unspecified atom stereocenters. The smallest absolute Gasteiger partial charge is 0.0149 e. The molecule has 0 heterocycles. The third kappa shape index (κ3) is 5.15. The van der Waals surface area contributed by atoms with Gasteiger partial charge < -0.3 is 0 Å². The Hall–Kier alpha value is -3.90. The number of rotatable bonds is 6. The summed E-state index contributed by atoms with van der Waals surface area (Å²) < 4.78 is 0. The van der Waals surface area contributed by atoms with Crippen LogP contribution in [0.25, 0.3) is 22.3 Å². The Bertz CT molecular complexity index is 1770. The van der Waals surface area contributed by atoms with E-state index in [1.807, 2.05) is 0 Å². The summed E-state index contributed by atoms with van der Waals surface area (Å²) in [6.45, 7) is 9.89. The van der Waals surface area contributed by atoms with Crippen molar-refractivity contribution in [1.29, 1.82) is 0 Å². The second-order valence-corrected chi connectivity index (χ2v) is 16.7. The van der Waals surface area contributed by atoms with Gasteiger partial charge >= 0.3 is 0 Å². The number of hydrogen-bond acceptors (Lipinski definition) is 0. The molecule has 0 amide bonds. The van der Waals surface area contributed by atoms with Gasteiger partial charge in [-0.15, -0.1) is 0 Å². The zero-order valence-electron chi connectivity index (χ0n) is 30.3. The summed E-state index contributed by atoms with van der Waals surface area (Å²) in [6, 6.07) is 50.7. The SMILES string of the molecule is CC1(C)[C](c2ccccc2)C2CCCC2[C]1c1ccc(-c2ccc(-c3ccc([C]4C5CCCC5[C](c5ccccc5)C4(C)C)cc3)cc2)cc1. The fraction of sp³-hybridized carbons (Fsp3) is 0.320. The van der Waals surface area contributed by atoms with E-state index in [2.05, 4.69) is 161 Å². The van der Waals surface area contributed by atoms with Gasteiger partial charge in [0.25, 0.3) is 0 Å². The van der Waals surface area contributed by atoms with Gasteiger partial charge in [-0.3, -0.25) is 0 Å². The minimum absolute atomic E-state index is 0.0725. The van der Waals surface area contributed by atoms with Crippen LogP contribution in [0.5, 0.6) is 0 Å². The number of hydrogen-bond donors (Lipinski definition) is 0. The molecular formula is C50H50. The van der Waals surface area contributed by atoms with Gasteiger partial charge in [-0.25, -0.2) is 0 Å². The van der Waals surface area contributed by atoms with Gasteiger partial charge in [-0.2, -0.15) is 0 Å². The zero-order valence-corrected chi connectivity index (χ0v) is 30.3. The lowest BCUT2D eigenvalue weighted by Gasteiger charge is -2.35. The monoisotopic (exact) mass is 650 g/mol. The molecule has 5 aromatic rings. The minimum Gasteiger partial charge on any atom is -0.0622 e. The van der Waals surface area contributed by atoms with Crippen molar-refractivity contribution < 1.29 is 0 Å². The van der Waals surface area contributed by atoms with Crippen LogP contribution in [0.1, 0.15) is 88.5 Å². The molecule has 9 rings (SSSR count). The van der Waals surface area contributed by atoms with E-state index in [0.717, 1.165) is 0 Å². The lowest BCUT2D eigenvalue weighted by atomic mass is 9.68. The highest BCUT2D eigenvalue weighted by molar-refractivity contribution is 5.71. The van der Waals surface area contributed by atoms with Gasteiger partial charge in [0, 0.05) is 23.7 Å². The average Bonchev–Trinajstić information content (AvgIpc) is 3.88. The van der Waals surface area contributed by atoms with Crippen LogP contribution in [0.3, 0.4) is 0 Å². The molecule has 4 atom stereocenters. The third-order valence-corrected chi connectivity index (χ3v) is 13.3. The van der Waals surface area contributed by atoms with Gasteiger partial charge in [0.15, 0.2) is 0 Å². The highest BCUT2D eigenvalue weighted by atomic mass is 14.6. The lowest BCUT2D eigenvalue weighted by Crippen LogP contribution is -2.26. The second kappa shape index (κ2) is 12.4. The van der Waals surface area contributed by atoms with Crippen molar-refractivity contribution in [1.82, 2.24) is 0 Å². The van der Waals surface area contributed by atoms with Gasteiger partial charge in [-0.05, 0) is 105 Å². The van der Waals surface area contributed by atoms with Crippen LogP contribution in [0.2, 0.25) is 0 Å². The van der Waals surface area contributed by atoms with E-state index in [1.165, 1.54) is 83.0 Å². The van der Waals surface area contributed by atoms with Crippen molar-refractivity contribution in [3.8, 4) is 22.3 Å². The van der Waals surface area contributed by atoms with E-state index in [0.29, 0.717) is 23.7 Å². The molecule has 4 aliphatic rings. The molecule has 50 heavy (non-hydrogen) atoms. The van der Waals surface area contributed by atoms with E-state index in [9.17, 15) is 0 Å². The Morgan fingerprint density at radius 2 is 0.520 bits per heavy atom. The van der Waals surface area contributed by atoms with Crippen LogP contribution in [-0.2, 0) is 0 Å². The van der Waals surface area contributed by atoms with Gasteiger partial charge in [0.05, 0.1) is 0 Å². The fourth-order valence-corrected chi connectivity index (χ4v) is 11.5. The maximum absolute atomic E-state index is 2.47. The van der Waals surface area contributed by atoms with Crippen LogP contribution < -0.4 is 0 Å². The van der Waals surface area contributed by atoms with E-state index in [1.54, 1.807) is 23.7 Å². The van der Waals surface area contributed by atoms with Crippen molar-refractivity contribution in [2.75, 3.05) is 0 Å². The fourth-order valence-electron chi connectivity index (χ4n) is 11.5. The standard InChI is InChI=1S/C50H50/c1-49(2)45(37-13-7-5-8-14-37)41-17-11-19-43(41)47(49)39-29-25-35(26-30-39)33-21-23-34(24-22-33)36-27-31-40(32-28-36)48-44-20-12-18-42(44)46(50(48,3)4)38-15-9-6-10-16-38/h5-10,13-16,21-32,41-44H,11-12,17-20H2,1-4H3. The van der Waals surface area contributed by atoms with Crippen molar-refractivity contribution in [2.24, 2.45) is 34.5 Å². The largest absolute Gasteiger partial charge is 0.0622 e. The van der Waals surface area contributed by atoms with Gasteiger partial charge in [0.1, 0.15) is 0 Å². The molecule has 0 nitrogen and oxygen atoms in total. The molecule has 4 fully saturated rings. The first-order valence-electron chi connectivity index (χ1n) is 19.2. The van der Waals surface area contributed by atoms with E-state index < -0.39 is 0 Å². The normalized spacial score (nSPS) is 26.3. The molecule has 4 saturated carbocycles. The Morgan fingerprint density at radius 3 is 0.780 bits per heavy atom. The first kappa shape index (κ1) is 32.0. The molecule has 0 saturated heterocycles. The predicted molar refractivity (Wildman–Crippen MR) is 209 cm³/mol. The first-order valence-corrected chi connectivity index (χ1v) is 19.2. The highest BCUT2D eigenvalue weighted by Gasteiger charge is 2.59. The molecule has 0 spiro atoms. The first-order chi connectivity index (χ1) is 24.3. The van der Waals surface area contributed by atoms with Crippen LogP contribution >= 0.6 is 0 Å². The molecule has 250 valence electrons. The Labute approximate surface area is 301 Å². The molecule has 0 heteroatoms. The minimum atomic E-state index is 0.0725. The van der Waals surface area contributed by atoms with Crippen molar-refractivity contribution in [3.63, 3.8) is 0 Å². The number of benzene rings is 5. The summed E-state index contributed by atoms with van der Waals surface area (Å²) in [5.41, 5.74) is 11.0. The summed E-state index contributed by atoms with van der Waals surface area (Å²) in [5.74, 6) is 9.31. The Kier molecular flexibility index (Phi) is 7.95. The zero-order chi connectivity index (χ0) is 34.0. The van der Waals surface area contributed by atoms with Crippen LogP contribution in [0.4, 0.5) is 0 Å². The van der Waals surface area contributed by atoms with E-state index in [-0.39, 0.29) is 10.8 Å². The summed E-state index contributed by atoms with van der Waals surface area (Å²) in [4.78, 5) is 0. The molecule has 0 N–H and O–H groups in total. The summed E-state index contributed by atoms with van der Waals surface area (Å²) in [6.07, 6.45) is 7.95. The van der Waals surface area contributed by atoms with E-state index in [4.69, 9.17) is 0 Å². The topological polar surface area (TPSA) is 0 Å². The van der Waals surface area contributed by atoms with Crippen molar-refractivity contribution in [3.05, 3.63) is 179 Å². The van der Waals surface area contributed by atoms with Crippen LogP contribution in [0, 0.1) is 58.2 Å². The molecule has 4 radical (unpaired) electrons. The molecule has 4 aliphatic carbocycles. The molecular weight excluding hydrogens is 601 g/mol. The van der Waals surface area contributed by atoms with Gasteiger partial charge in [-0.1, -0.05) is 174 Å². The van der Waals surface area contributed by atoms with Crippen molar-refractivity contribution in [2.45, 2.75) is 66.2 Å². The Balaban J connectivity index is 0.931. The Morgan fingerprint density at radius 1 is 0.300 bits per heavy atom. The molecule has 5 aromatic carbocycles. The predicted octanol–water partition coefficient (Wildman–Crippen LogP) is 13.0. The molecule has 0 aromatic heterocycles. The van der Waals surface area contributed by atoms with E-state index >= 15 is 0 Å². The second-order valence-electron chi connectivity index (χ2n) is 16.7. The highest BCUT2D eigenvalue weighted by Crippen LogP contribution is 2.67. The molecule has 0 aliphatic heterocycles. The maximum atomic E-state index is 2.47. The van der Waals surface area contributed by atoms with Crippen molar-refractivity contribution >= 4 is 0 Å². The molecule has 0 bridgehead atoms. The van der Waals surface area contributed by atoms with Crippen LogP contribution in [-0.4, -0.2) is 0 Å². The summed E-state index contributed by atoms with van der Waals surface area (Å²) in [5, 5.41) is 0. The average molecular weight is 651 g/mol.